The molecule has 0 fully saturated rings. The summed E-state index contributed by atoms with van der Waals surface area (Å²) in [6, 6.07) is 13.7. The van der Waals surface area contributed by atoms with Gasteiger partial charge in [0.1, 0.15) is 0 Å². The number of nitrogens with zero attached hydrogens (tertiary/aromatic N) is 1. The average Bonchev–Trinajstić information content (AvgIpc) is 2.49. The Morgan fingerprint density at radius 2 is 1.75 bits per heavy atom. The number of nitrogens with one attached hydrogen (secondary N) is 1. The van der Waals surface area contributed by atoms with Crippen LogP contribution in [0.4, 0.5) is 5.69 Å². The molecule has 0 saturated carbocycles. The lowest BCUT2D eigenvalue weighted by Crippen LogP contribution is -1.96. The molecular weight excluding hydrogens is 252 g/mol. The summed E-state index contributed by atoms with van der Waals surface area (Å²) < 4.78 is 10.6. The van der Waals surface area contributed by atoms with Crippen molar-refractivity contribution in [3.63, 3.8) is 0 Å². The molecule has 4 heteroatoms. The molecule has 0 aliphatic carbocycles. The Kier molecular flexibility index (Phi) is 4.60. The first kappa shape index (κ1) is 13.9. The molecule has 2 aromatic rings. The molecular formula is C16H18N2O2. The summed E-state index contributed by atoms with van der Waals surface area (Å²) in [5.74, 6) is 1.36. The van der Waals surface area contributed by atoms with Crippen molar-refractivity contribution in [1.29, 1.82) is 0 Å². The van der Waals surface area contributed by atoms with Gasteiger partial charge < -0.3 is 9.47 Å². The molecule has 0 aliphatic rings. The average molecular weight is 270 g/mol. The zero-order chi connectivity index (χ0) is 14.4. The lowest BCUT2D eigenvalue weighted by Gasteiger charge is -2.09. The van der Waals surface area contributed by atoms with Crippen molar-refractivity contribution in [3.05, 3.63) is 53.6 Å². The molecule has 0 aromatic heterocycles. The van der Waals surface area contributed by atoms with E-state index in [0.717, 1.165) is 11.3 Å². The highest BCUT2D eigenvalue weighted by Crippen LogP contribution is 2.29. The molecule has 0 aliphatic heterocycles. The number of anilines is 1. The molecule has 0 amide bonds. The first-order valence-corrected chi connectivity index (χ1v) is 6.31. The maximum atomic E-state index is 5.34. The van der Waals surface area contributed by atoms with E-state index in [4.69, 9.17) is 9.47 Å². The summed E-state index contributed by atoms with van der Waals surface area (Å²) in [5.41, 5.74) is 5.99. The SMILES string of the molecule is COc1cccc(/C=N\Nc2ccc(C)cc2)c1OC. The molecule has 0 bridgehead atoms. The van der Waals surface area contributed by atoms with Crippen molar-refractivity contribution in [2.24, 2.45) is 5.10 Å². The second-order valence-electron chi connectivity index (χ2n) is 4.32. The first-order valence-electron chi connectivity index (χ1n) is 6.31. The normalized spacial score (nSPS) is 10.6. The zero-order valence-electron chi connectivity index (χ0n) is 11.9. The van der Waals surface area contributed by atoms with Gasteiger partial charge in [-0.2, -0.15) is 5.10 Å². The van der Waals surface area contributed by atoms with E-state index in [-0.39, 0.29) is 0 Å². The topological polar surface area (TPSA) is 42.8 Å². The third-order valence-electron chi connectivity index (χ3n) is 2.88. The van der Waals surface area contributed by atoms with Crippen LogP contribution in [0.2, 0.25) is 0 Å². The lowest BCUT2D eigenvalue weighted by atomic mass is 10.2. The summed E-state index contributed by atoms with van der Waals surface area (Å²) in [7, 11) is 3.23. The third-order valence-corrected chi connectivity index (χ3v) is 2.88. The molecule has 0 saturated heterocycles. The van der Waals surface area contributed by atoms with Gasteiger partial charge in [0.25, 0.3) is 0 Å². The Balaban J connectivity index is 2.13. The number of benzene rings is 2. The van der Waals surface area contributed by atoms with Crippen molar-refractivity contribution < 1.29 is 9.47 Å². The third kappa shape index (κ3) is 3.29. The Labute approximate surface area is 119 Å². The molecule has 104 valence electrons. The standard InChI is InChI=1S/C16H18N2O2/c1-12-7-9-14(10-8-12)18-17-11-13-5-4-6-15(19-2)16(13)20-3/h4-11,18H,1-3H3/b17-11-. The van der Waals surface area contributed by atoms with E-state index in [2.05, 4.69) is 10.5 Å². The fraction of sp³-hybridized carbons (Fsp3) is 0.188. The van der Waals surface area contributed by atoms with Crippen LogP contribution in [-0.4, -0.2) is 20.4 Å². The highest BCUT2D eigenvalue weighted by Gasteiger charge is 2.06. The zero-order valence-corrected chi connectivity index (χ0v) is 11.9. The van der Waals surface area contributed by atoms with Gasteiger partial charge in [-0.3, -0.25) is 5.43 Å². The fourth-order valence-corrected chi connectivity index (χ4v) is 1.82. The summed E-state index contributed by atoms with van der Waals surface area (Å²) in [5, 5.41) is 4.21. The van der Waals surface area contributed by atoms with Crippen LogP contribution >= 0.6 is 0 Å². The van der Waals surface area contributed by atoms with E-state index in [1.54, 1.807) is 20.4 Å². The van der Waals surface area contributed by atoms with Gasteiger partial charge in [0, 0.05) is 5.56 Å². The number of methoxy groups -OCH3 is 2. The fourth-order valence-electron chi connectivity index (χ4n) is 1.82. The number of hydrogen-bond acceptors (Lipinski definition) is 4. The van der Waals surface area contributed by atoms with Gasteiger partial charge in [-0.1, -0.05) is 23.8 Å². The van der Waals surface area contributed by atoms with E-state index >= 15 is 0 Å². The van der Waals surface area contributed by atoms with Crippen molar-refractivity contribution in [3.8, 4) is 11.5 Å². The number of hydrogen-bond donors (Lipinski definition) is 1. The molecule has 1 N–H and O–H groups in total. The van der Waals surface area contributed by atoms with Gasteiger partial charge in [0.05, 0.1) is 26.1 Å². The number of hydrazone groups is 1. The highest BCUT2D eigenvalue weighted by atomic mass is 16.5. The molecule has 0 unspecified atom stereocenters. The maximum Gasteiger partial charge on any atom is 0.169 e. The van der Waals surface area contributed by atoms with Gasteiger partial charge in [0.15, 0.2) is 11.5 Å². The molecule has 0 atom stereocenters. The second kappa shape index (κ2) is 6.61. The second-order valence-corrected chi connectivity index (χ2v) is 4.32. The first-order chi connectivity index (χ1) is 9.74. The maximum absolute atomic E-state index is 5.34. The lowest BCUT2D eigenvalue weighted by molar-refractivity contribution is 0.354. The molecule has 2 rings (SSSR count). The van der Waals surface area contributed by atoms with Gasteiger partial charge in [0.2, 0.25) is 0 Å². The Morgan fingerprint density at radius 1 is 1.00 bits per heavy atom. The van der Waals surface area contributed by atoms with E-state index in [1.165, 1.54) is 5.56 Å². The van der Waals surface area contributed by atoms with Crippen molar-refractivity contribution in [2.45, 2.75) is 6.92 Å². The van der Waals surface area contributed by atoms with Crippen LogP contribution in [0.5, 0.6) is 11.5 Å². The summed E-state index contributed by atoms with van der Waals surface area (Å²) in [6.07, 6.45) is 1.71. The van der Waals surface area contributed by atoms with Crippen LogP contribution in [0.25, 0.3) is 0 Å². The minimum atomic E-state index is 0.671. The van der Waals surface area contributed by atoms with Gasteiger partial charge in [-0.25, -0.2) is 0 Å². The van der Waals surface area contributed by atoms with Crippen molar-refractivity contribution >= 4 is 11.9 Å². The summed E-state index contributed by atoms with van der Waals surface area (Å²) in [6.45, 7) is 2.05. The van der Waals surface area contributed by atoms with Gasteiger partial charge in [-0.15, -0.1) is 0 Å². The summed E-state index contributed by atoms with van der Waals surface area (Å²) in [4.78, 5) is 0. The minimum absolute atomic E-state index is 0.671. The van der Waals surface area contributed by atoms with Crippen molar-refractivity contribution in [1.82, 2.24) is 0 Å². The van der Waals surface area contributed by atoms with Crippen LogP contribution in [-0.2, 0) is 0 Å². The van der Waals surface area contributed by atoms with E-state index in [1.807, 2.05) is 49.4 Å². The van der Waals surface area contributed by atoms with Crippen LogP contribution in [0.15, 0.2) is 47.6 Å². The molecule has 2 aromatic carbocycles. The minimum Gasteiger partial charge on any atom is -0.493 e. The number of aryl methyl sites for hydroxylation is 1. The van der Waals surface area contributed by atoms with Crippen LogP contribution in [0.3, 0.4) is 0 Å². The van der Waals surface area contributed by atoms with Crippen LogP contribution in [0, 0.1) is 6.92 Å². The number of rotatable bonds is 5. The van der Waals surface area contributed by atoms with E-state index < -0.39 is 0 Å². The van der Waals surface area contributed by atoms with Gasteiger partial charge in [-0.05, 0) is 31.2 Å². The number of ether oxygens (including phenoxy) is 2. The predicted molar refractivity (Wildman–Crippen MR) is 81.9 cm³/mol. The Morgan fingerprint density at radius 3 is 2.40 bits per heavy atom. The monoisotopic (exact) mass is 270 g/mol. The van der Waals surface area contributed by atoms with E-state index in [9.17, 15) is 0 Å². The molecule has 0 spiro atoms. The summed E-state index contributed by atoms with van der Waals surface area (Å²) >= 11 is 0. The smallest absolute Gasteiger partial charge is 0.169 e. The van der Waals surface area contributed by atoms with Crippen LogP contribution < -0.4 is 14.9 Å². The number of para-hydroxylation sites is 1. The molecule has 0 radical (unpaired) electrons. The molecule has 0 heterocycles. The van der Waals surface area contributed by atoms with Crippen LogP contribution in [0.1, 0.15) is 11.1 Å². The Hall–Kier alpha value is -2.49. The molecule has 4 nitrogen and oxygen atoms in total. The quantitative estimate of drug-likeness (QED) is 0.668. The van der Waals surface area contributed by atoms with Gasteiger partial charge >= 0.3 is 0 Å². The van der Waals surface area contributed by atoms with Crippen molar-refractivity contribution in [2.75, 3.05) is 19.6 Å². The van der Waals surface area contributed by atoms with E-state index in [0.29, 0.717) is 11.5 Å². The largest absolute Gasteiger partial charge is 0.493 e. The predicted octanol–water partition coefficient (Wildman–Crippen LogP) is 3.46. The molecule has 20 heavy (non-hydrogen) atoms. The highest BCUT2D eigenvalue weighted by molar-refractivity contribution is 5.85. The Bertz CT molecular complexity index is 592.